The van der Waals surface area contributed by atoms with Crippen LogP contribution in [-0.4, -0.2) is 45.2 Å². The van der Waals surface area contributed by atoms with Crippen molar-refractivity contribution < 1.29 is 13.2 Å². The van der Waals surface area contributed by atoms with Crippen LogP contribution in [0.5, 0.6) is 0 Å². The Morgan fingerprint density at radius 2 is 2.08 bits per heavy atom. The minimum atomic E-state index is -3.31. The van der Waals surface area contributed by atoms with Crippen molar-refractivity contribution in [2.24, 2.45) is 5.92 Å². The standard InChI is InChI=1S/C26H30N6O3S/c1-17(2)36(34,35)21-11-7-19(8-12-21)23-15-24(32(30-23)20-9-5-18(3)6-10-20)29-26(33)22-16-28-31-14-4-13-27-25(22)31/h4-5,7,9,11-17,19,23,30H,6,8,10H2,1-3H3,(H,29,33). The SMILES string of the molecule is CC1=CC=C(N2NC(C3C=CC(S(=O)(=O)C(C)C)=CC3)C=C2NC(=O)c2cnn3cccnc23)CC1. The summed E-state index contributed by atoms with van der Waals surface area (Å²) in [4.78, 5) is 17.9. The third-order valence-electron chi connectivity index (χ3n) is 6.75. The number of hydrogen-bond acceptors (Lipinski definition) is 7. The summed E-state index contributed by atoms with van der Waals surface area (Å²) in [5.41, 5.74) is 6.75. The van der Waals surface area contributed by atoms with Crippen molar-refractivity contribution in [2.75, 3.05) is 0 Å². The molecule has 9 nitrogen and oxygen atoms in total. The van der Waals surface area contributed by atoms with E-state index < -0.39 is 15.1 Å². The normalized spacial score (nSPS) is 22.4. The maximum Gasteiger partial charge on any atom is 0.262 e. The first-order chi connectivity index (χ1) is 17.2. The van der Waals surface area contributed by atoms with Gasteiger partial charge in [-0.3, -0.25) is 9.80 Å². The number of carbonyl (C=O) groups excluding carboxylic acids is 1. The van der Waals surface area contributed by atoms with Gasteiger partial charge in [0, 0.05) is 24.0 Å². The first kappa shape index (κ1) is 24.2. The van der Waals surface area contributed by atoms with Gasteiger partial charge in [0.25, 0.3) is 5.91 Å². The molecule has 2 N–H and O–H groups in total. The van der Waals surface area contributed by atoms with Crippen molar-refractivity contribution in [2.45, 2.75) is 51.3 Å². The summed E-state index contributed by atoms with van der Waals surface area (Å²) < 4.78 is 26.7. The highest BCUT2D eigenvalue weighted by atomic mass is 32.2. The molecule has 0 bridgehead atoms. The molecule has 0 saturated heterocycles. The van der Waals surface area contributed by atoms with Crippen molar-refractivity contribution in [3.63, 3.8) is 0 Å². The molecule has 0 fully saturated rings. The lowest BCUT2D eigenvalue weighted by molar-refractivity contribution is 0.0952. The van der Waals surface area contributed by atoms with Crippen LogP contribution in [0.3, 0.4) is 0 Å². The van der Waals surface area contributed by atoms with Gasteiger partial charge in [-0.05, 0) is 64.3 Å². The zero-order chi connectivity index (χ0) is 25.4. The first-order valence-electron chi connectivity index (χ1n) is 12.1. The molecule has 2 aromatic rings. The van der Waals surface area contributed by atoms with E-state index in [4.69, 9.17) is 0 Å². The van der Waals surface area contributed by atoms with E-state index in [1.807, 2.05) is 17.2 Å². The molecule has 36 heavy (non-hydrogen) atoms. The summed E-state index contributed by atoms with van der Waals surface area (Å²) in [5, 5.41) is 8.74. The van der Waals surface area contributed by atoms with Gasteiger partial charge in [-0.25, -0.2) is 23.3 Å². The van der Waals surface area contributed by atoms with Gasteiger partial charge in [0.1, 0.15) is 11.4 Å². The Hall–Kier alpha value is -3.50. The Morgan fingerprint density at radius 1 is 1.25 bits per heavy atom. The lowest BCUT2D eigenvalue weighted by atomic mass is 9.93. The molecule has 10 heteroatoms. The van der Waals surface area contributed by atoms with Gasteiger partial charge in [0.05, 0.1) is 22.4 Å². The average molecular weight is 507 g/mol. The average Bonchev–Trinajstić information content (AvgIpc) is 3.49. The van der Waals surface area contributed by atoms with E-state index in [-0.39, 0.29) is 17.9 Å². The number of fused-ring (bicyclic) bond motifs is 1. The Labute approximate surface area is 210 Å². The van der Waals surface area contributed by atoms with Crippen LogP contribution in [0, 0.1) is 5.92 Å². The molecule has 0 saturated carbocycles. The predicted molar refractivity (Wildman–Crippen MR) is 138 cm³/mol. The molecule has 3 heterocycles. The summed E-state index contributed by atoms with van der Waals surface area (Å²) in [7, 11) is -3.31. The smallest absolute Gasteiger partial charge is 0.262 e. The lowest BCUT2D eigenvalue weighted by Crippen LogP contribution is -2.43. The third-order valence-corrected chi connectivity index (χ3v) is 8.96. The van der Waals surface area contributed by atoms with Crippen LogP contribution in [0.25, 0.3) is 5.65 Å². The Kier molecular flexibility index (Phi) is 6.40. The molecule has 0 radical (unpaired) electrons. The van der Waals surface area contributed by atoms with Gasteiger partial charge >= 0.3 is 0 Å². The largest absolute Gasteiger partial charge is 0.307 e. The Morgan fingerprint density at radius 3 is 2.78 bits per heavy atom. The number of carbonyl (C=O) groups is 1. The van der Waals surface area contributed by atoms with Crippen molar-refractivity contribution in [1.82, 2.24) is 30.3 Å². The van der Waals surface area contributed by atoms with Crippen molar-refractivity contribution in [3.05, 3.63) is 88.7 Å². The van der Waals surface area contributed by atoms with Crippen LogP contribution in [-0.2, 0) is 9.84 Å². The van der Waals surface area contributed by atoms with Crippen LogP contribution in [0.2, 0.25) is 0 Å². The lowest BCUT2D eigenvalue weighted by Gasteiger charge is -2.30. The fourth-order valence-corrected chi connectivity index (χ4v) is 5.65. The minimum absolute atomic E-state index is 0.0353. The molecule has 3 aliphatic rings. The van der Waals surface area contributed by atoms with Crippen molar-refractivity contribution >= 4 is 21.4 Å². The molecule has 1 amide bonds. The Balaban J connectivity index is 1.40. The second kappa shape index (κ2) is 9.51. The third kappa shape index (κ3) is 4.54. The topological polar surface area (TPSA) is 109 Å². The molecular formula is C26H30N6O3S. The van der Waals surface area contributed by atoms with E-state index in [0.29, 0.717) is 28.4 Å². The highest BCUT2D eigenvalue weighted by Crippen LogP contribution is 2.31. The van der Waals surface area contributed by atoms with E-state index in [1.54, 1.807) is 49.0 Å². The van der Waals surface area contributed by atoms with Crippen LogP contribution in [0.1, 0.15) is 50.4 Å². The van der Waals surface area contributed by atoms with Gasteiger partial charge < -0.3 is 5.32 Å². The highest BCUT2D eigenvalue weighted by molar-refractivity contribution is 7.96. The van der Waals surface area contributed by atoms with Gasteiger partial charge in [-0.2, -0.15) is 5.10 Å². The maximum atomic E-state index is 13.2. The van der Waals surface area contributed by atoms with Crippen LogP contribution < -0.4 is 10.7 Å². The van der Waals surface area contributed by atoms with E-state index >= 15 is 0 Å². The number of hydrazine groups is 1. The predicted octanol–water partition coefficient (Wildman–Crippen LogP) is 3.40. The molecule has 5 rings (SSSR count). The van der Waals surface area contributed by atoms with Gasteiger partial charge in [-0.1, -0.05) is 23.8 Å². The molecule has 0 spiro atoms. The molecule has 2 aromatic heterocycles. The van der Waals surface area contributed by atoms with Gasteiger partial charge in [-0.15, -0.1) is 0 Å². The number of rotatable bonds is 6. The monoisotopic (exact) mass is 506 g/mol. The zero-order valence-corrected chi connectivity index (χ0v) is 21.4. The summed E-state index contributed by atoms with van der Waals surface area (Å²) >= 11 is 0. The summed E-state index contributed by atoms with van der Waals surface area (Å²) in [6.07, 6.45) is 18.8. The Bertz CT molecular complexity index is 1460. The zero-order valence-electron chi connectivity index (χ0n) is 20.5. The molecule has 2 aliphatic carbocycles. The van der Waals surface area contributed by atoms with Crippen molar-refractivity contribution in [3.8, 4) is 0 Å². The molecule has 2 atom stereocenters. The number of nitrogens with zero attached hydrogens (tertiary/aromatic N) is 4. The number of aromatic nitrogens is 3. The maximum absolute atomic E-state index is 13.2. The number of sulfone groups is 1. The van der Waals surface area contributed by atoms with Gasteiger partial charge in [0.2, 0.25) is 0 Å². The quantitative estimate of drug-likeness (QED) is 0.618. The van der Waals surface area contributed by atoms with E-state index in [2.05, 4.69) is 39.9 Å². The molecule has 2 unspecified atom stereocenters. The number of amides is 1. The van der Waals surface area contributed by atoms with Gasteiger partial charge in [0.15, 0.2) is 15.5 Å². The van der Waals surface area contributed by atoms with Crippen molar-refractivity contribution in [1.29, 1.82) is 0 Å². The second-order valence-electron chi connectivity index (χ2n) is 9.57. The van der Waals surface area contributed by atoms with Crippen LogP contribution in [0.4, 0.5) is 0 Å². The first-order valence-corrected chi connectivity index (χ1v) is 13.6. The van der Waals surface area contributed by atoms with E-state index in [9.17, 15) is 13.2 Å². The van der Waals surface area contributed by atoms with E-state index in [0.717, 1.165) is 18.5 Å². The minimum Gasteiger partial charge on any atom is -0.307 e. The molecule has 188 valence electrons. The highest BCUT2D eigenvalue weighted by Gasteiger charge is 2.33. The van der Waals surface area contributed by atoms with Crippen LogP contribution in [0.15, 0.2) is 83.1 Å². The summed E-state index contributed by atoms with van der Waals surface area (Å²) in [5.74, 6) is 0.375. The molecular weight excluding hydrogens is 476 g/mol. The number of hydrogen-bond donors (Lipinski definition) is 2. The molecule has 0 aromatic carbocycles. The fraction of sp³-hybridized carbons (Fsp3) is 0.346. The number of allylic oxidation sites excluding steroid dienone is 6. The second-order valence-corrected chi connectivity index (χ2v) is 12.1. The van der Waals surface area contributed by atoms with Crippen LogP contribution >= 0.6 is 0 Å². The van der Waals surface area contributed by atoms with E-state index in [1.165, 1.54) is 11.8 Å². The number of nitrogens with one attached hydrogen (secondary N) is 2. The summed E-state index contributed by atoms with van der Waals surface area (Å²) in [6, 6.07) is 1.64. The fourth-order valence-electron chi connectivity index (χ4n) is 4.51. The summed E-state index contributed by atoms with van der Waals surface area (Å²) in [6.45, 7) is 5.49. The molecule has 1 aliphatic heterocycles.